The quantitative estimate of drug-likeness (QED) is 0.671. The number of hydrogen-bond donors (Lipinski definition) is 2. The van der Waals surface area contributed by atoms with Gasteiger partial charge in [0.15, 0.2) is 0 Å². The molecule has 14 heavy (non-hydrogen) atoms. The summed E-state index contributed by atoms with van der Waals surface area (Å²) in [5, 5.41) is 16.1. The van der Waals surface area contributed by atoms with E-state index in [-0.39, 0.29) is 6.61 Å². The maximum atomic E-state index is 8.47. The maximum absolute atomic E-state index is 8.47. The van der Waals surface area contributed by atoms with Crippen molar-refractivity contribution in [3.8, 4) is 0 Å². The van der Waals surface area contributed by atoms with Gasteiger partial charge in [0.2, 0.25) is 0 Å². The van der Waals surface area contributed by atoms with Crippen molar-refractivity contribution < 1.29 is 9.84 Å². The number of nitrogens with one attached hydrogen (secondary N) is 1. The summed E-state index contributed by atoms with van der Waals surface area (Å²) in [5.41, 5.74) is 2.70. The Labute approximate surface area is 88.7 Å². The lowest BCUT2D eigenvalue weighted by Crippen LogP contribution is -2.20. The fourth-order valence-electron chi connectivity index (χ4n) is 1.10. The Morgan fingerprint density at radius 2 is 2.29 bits per heavy atom. The van der Waals surface area contributed by atoms with Crippen LogP contribution in [0.25, 0.3) is 0 Å². The molecule has 0 atom stereocenters. The van der Waals surface area contributed by atoms with Gasteiger partial charge in [0, 0.05) is 13.1 Å². The molecule has 0 fully saturated rings. The number of rotatable bonds is 7. The lowest BCUT2D eigenvalue weighted by Gasteiger charge is -2.04. The van der Waals surface area contributed by atoms with E-state index in [1.54, 1.807) is 11.3 Å². The van der Waals surface area contributed by atoms with Crippen LogP contribution in [-0.4, -0.2) is 31.5 Å². The summed E-state index contributed by atoms with van der Waals surface area (Å²) in [6.45, 7) is 5.04. The maximum Gasteiger partial charge on any atom is 0.0698 e. The molecule has 3 nitrogen and oxygen atoms in total. The minimum Gasteiger partial charge on any atom is -0.394 e. The van der Waals surface area contributed by atoms with Crippen LogP contribution in [0.5, 0.6) is 0 Å². The molecule has 0 saturated heterocycles. The van der Waals surface area contributed by atoms with Gasteiger partial charge in [0.05, 0.1) is 19.8 Å². The number of hydrogen-bond acceptors (Lipinski definition) is 4. The molecule has 4 heteroatoms. The smallest absolute Gasteiger partial charge is 0.0698 e. The van der Waals surface area contributed by atoms with Gasteiger partial charge < -0.3 is 15.2 Å². The van der Waals surface area contributed by atoms with Crippen molar-refractivity contribution in [2.24, 2.45) is 0 Å². The van der Waals surface area contributed by atoms with E-state index in [9.17, 15) is 0 Å². The summed E-state index contributed by atoms with van der Waals surface area (Å²) in [4.78, 5) is 0. The van der Waals surface area contributed by atoms with Crippen LogP contribution in [0.2, 0.25) is 0 Å². The lowest BCUT2D eigenvalue weighted by atomic mass is 10.2. The van der Waals surface area contributed by atoms with E-state index >= 15 is 0 Å². The molecule has 0 aliphatic rings. The van der Waals surface area contributed by atoms with Crippen LogP contribution in [-0.2, 0) is 11.3 Å². The zero-order chi connectivity index (χ0) is 10.2. The second-order valence-electron chi connectivity index (χ2n) is 3.09. The van der Waals surface area contributed by atoms with Crippen molar-refractivity contribution >= 4 is 11.3 Å². The van der Waals surface area contributed by atoms with Crippen molar-refractivity contribution in [3.63, 3.8) is 0 Å². The largest absolute Gasteiger partial charge is 0.394 e. The van der Waals surface area contributed by atoms with Gasteiger partial charge in [0.25, 0.3) is 0 Å². The van der Waals surface area contributed by atoms with Crippen molar-refractivity contribution in [2.75, 3.05) is 26.4 Å². The Hall–Kier alpha value is -0.420. The Morgan fingerprint density at radius 3 is 2.93 bits per heavy atom. The van der Waals surface area contributed by atoms with E-state index in [0.717, 1.165) is 13.1 Å². The number of aryl methyl sites for hydroxylation is 1. The van der Waals surface area contributed by atoms with Crippen LogP contribution < -0.4 is 5.32 Å². The predicted molar refractivity (Wildman–Crippen MR) is 58.7 cm³/mol. The van der Waals surface area contributed by atoms with Crippen LogP contribution >= 0.6 is 11.3 Å². The first-order valence-corrected chi connectivity index (χ1v) is 5.70. The number of ether oxygens (including phenoxy) is 1. The molecule has 0 amide bonds. The van der Waals surface area contributed by atoms with E-state index < -0.39 is 0 Å². The third kappa shape index (κ3) is 4.19. The van der Waals surface area contributed by atoms with Crippen LogP contribution in [0, 0.1) is 6.92 Å². The van der Waals surface area contributed by atoms with Crippen molar-refractivity contribution in [1.29, 1.82) is 0 Å². The Bertz CT molecular complexity index is 250. The lowest BCUT2D eigenvalue weighted by molar-refractivity contribution is 0.0938. The zero-order valence-corrected chi connectivity index (χ0v) is 9.27. The molecule has 0 bridgehead atoms. The first-order chi connectivity index (χ1) is 6.84. The van der Waals surface area contributed by atoms with Crippen molar-refractivity contribution in [2.45, 2.75) is 13.5 Å². The fourth-order valence-corrected chi connectivity index (χ4v) is 1.96. The van der Waals surface area contributed by atoms with Gasteiger partial charge in [-0.25, -0.2) is 0 Å². The second-order valence-corrected chi connectivity index (χ2v) is 3.84. The van der Waals surface area contributed by atoms with E-state index in [2.05, 4.69) is 23.0 Å². The average Bonchev–Trinajstić information content (AvgIpc) is 2.58. The van der Waals surface area contributed by atoms with E-state index in [1.165, 1.54) is 11.1 Å². The zero-order valence-electron chi connectivity index (χ0n) is 8.45. The predicted octanol–water partition coefficient (Wildman–Crippen LogP) is 1.16. The van der Waals surface area contributed by atoms with Gasteiger partial charge in [-0.2, -0.15) is 11.3 Å². The normalized spacial score (nSPS) is 10.7. The number of aliphatic hydroxyl groups is 1. The van der Waals surface area contributed by atoms with Gasteiger partial charge in [-0.15, -0.1) is 0 Å². The van der Waals surface area contributed by atoms with Crippen LogP contribution in [0.3, 0.4) is 0 Å². The van der Waals surface area contributed by atoms with Crippen molar-refractivity contribution in [3.05, 3.63) is 21.9 Å². The molecule has 1 aromatic rings. The van der Waals surface area contributed by atoms with Crippen molar-refractivity contribution in [1.82, 2.24) is 5.32 Å². The Balaban J connectivity index is 2.02. The molecule has 0 saturated carbocycles. The highest BCUT2D eigenvalue weighted by molar-refractivity contribution is 7.08. The average molecular weight is 215 g/mol. The topological polar surface area (TPSA) is 41.5 Å². The SMILES string of the molecule is Cc1cscc1CNCCOCCO. The van der Waals surface area contributed by atoms with Gasteiger partial charge >= 0.3 is 0 Å². The fraction of sp³-hybridized carbons (Fsp3) is 0.600. The highest BCUT2D eigenvalue weighted by Crippen LogP contribution is 2.12. The molecule has 0 aliphatic heterocycles. The van der Waals surface area contributed by atoms with Gasteiger partial charge in [-0.1, -0.05) is 0 Å². The third-order valence-electron chi connectivity index (χ3n) is 1.94. The highest BCUT2D eigenvalue weighted by Gasteiger charge is 1.97. The Kier molecular flexibility index (Phi) is 5.78. The molecule has 1 heterocycles. The molecule has 0 spiro atoms. The molecule has 1 aromatic heterocycles. The molecule has 80 valence electrons. The number of thiophene rings is 1. The molecular formula is C10H17NO2S. The third-order valence-corrected chi connectivity index (χ3v) is 2.85. The van der Waals surface area contributed by atoms with Gasteiger partial charge in [-0.05, 0) is 28.8 Å². The summed E-state index contributed by atoms with van der Waals surface area (Å²) in [6.07, 6.45) is 0. The molecule has 2 N–H and O–H groups in total. The molecule has 0 aliphatic carbocycles. The summed E-state index contributed by atoms with van der Waals surface area (Å²) >= 11 is 1.73. The molecule has 0 aromatic carbocycles. The van der Waals surface area contributed by atoms with E-state index in [1.807, 2.05) is 0 Å². The summed E-state index contributed by atoms with van der Waals surface area (Å²) in [7, 11) is 0. The van der Waals surface area contributed by atoms with E-state index in [4.69, 9.17) is 9.84 Å². The highest BCUT2D eigenvalue weighted by atomic mass is 32.1. The molecule has 0 radical (unpaired) electrons. The van der Waals surface area contributed by atoms with Gasteiger partial charge in [0.1, 0.15) is 0 Å². The minimum absolute atomic E-state index is 0.101. The minimum atomic E-state index is 0.101. The first kappa shape index (κ1) is 11.7. The summed E-state index contributed by atoms with van der Waals surface area (Å²) < 4.78 is 5.12. The molecule has 1 rings (SSSR count). The first-order valence-electron chi connectivity index (χ1n) is 4.75. The monoisotopic (exact) mass is 215 g/mol. The standard InChI is InChI=1S/C10H17NO2S/c1-9-7-14-8-10(9)6-11-2-4-13-5-3-12/h7-8,11-12H,2-6H2,1H3. The summed E-state index contributed by atoms with van der Waals surface area (Å²) in [5.74, 6) is 0. The van der Waals surface area contributed by atoms with Crippen LogP contribution in [0.1, 0.15) is 11.1 Å². The second kappa shape index (κ2) is 6.95. The van der Waals surface area contributed by atoms with Crippen LogP contribution in [0.15, 0.2) is 10.8 Å². The molecule has 0 unspecified atom stereocenters. The number of aliphatic hydroxyl groups excluding tert-OH is 1. The van der Waals surface area contributed by atoms with Crippen LogP contribution in [0.4, 0.5) is 0 Å². The van der Waals surface area contributed by atoms with E-state index in [0.29, 0.717) is 13.2 Å². The Morgan fingerprint density at radius 1 is 1.43 bits per heavy atom. The summed E-state index contributed by atoms with van der Waals surface area (Å²) in [6, 6.07) is 0. The molecular weight excluding hydrogens is 198 g/mol. The van der Waals surface area contributed by atoms with Gasteiger partial charge in [-0.3, -0.25) is 0 Å².